The molecule has 2 amide bonds. The monoisotopic (exact) mass is 274 g/mol. The molecule has 1 fully saturated rings. The van der Waals surface area contributed by atoms with E-state index in [-0.39, 0.29) is 25.1 Å². The second-order valence-corrected chi connectivity index (χ2v) is 4.78. The van der Waals surface area contributed by atoms with Crippen molar-refractivity contribution in [3.63, 3.8) is 0 Å². The highest BCUT2D eigenvalue weighted by Gasteiger charge is 2.38. The molecule has 1 aliphatic heterocycles. The van der Waals surface area contributed by atoms with Crippen LogP contribution in [-0.2, 0) is 9.53 Å². The zero-order valence-corrected chi connectivity index (χ0v) is 11.4. The lowest BCUT2D eigenvalue weighted by atomic mass is 9.87. The number of aliphatic hydroxyl groups excluding tert-OH is 1. The summed E-state index contributed by atoms with van der Waals surface area (Å²) in [5.74, 6) is -1.25. The number of rotatable bonds is 7. The minimum Gasteiger partial charge on any atom is -0.481 e. The van der Waals surface area contributed by atoms with Gasteiger partial charge in [-0.3, -0.25) is 4.79 Å². The number of hydrogen-bond acceptors (Lipinski definition) is 4. The van der Waals surface area contributed by atoms with Gasteiger partial charge in [0.05, 0.1) is 19.1 Å². The second-order valence-electron chi connectivity index (χ2n) is 4.78. The fourth-order valence-corrected chi connectivity index (χ4v) is 2.01. The molecule has 0 saturated carbocycles. The molecule has 0 bridgehead atoms. The number of carboxylic acids is 1. The molecular weight excluding hydrogens is 252 g/mol. The predicted molar refractivity (Wildman–Crippen MR) is 67.8 cm³/mol. The van der Waals surface area contributed by atoms with E-state index in [1.165, 1.54) is 4.90 Å². The Morgan fingerprint density at radius 1 is 1.42 bits per heavy atom. The van der Waals surface area contributed by atoms with Crippen molar-refractivity contribution in [2.75, 3.05) is 46.5 Å². The molecule has 1 saturated heterocycles. The van der Waals surface area contributed by atoms with Crippen molar-refractivity contribution in [3.05, 3.63) is 0 Å². The smallest absolute Gasteiger partial charge is 0.320 e. The van der Waals surface area contributed by atoms with Gasteiger partial charge in [0.1, 0.15) is 0 Å². The number of carbonyl (C=O) groups is 2. The minimum atomic E-state index is -0.830. The van der Waals surface area contributed by atoms with Crippen LogP contribution in [-0.4, -0.2) is 78.5 Å². The van der Waals surface area contributed by atoms with Crippen molar-refractivity contribution in [2.24, 2.45) is 11.8 Å². The predicted octanol–water partition coefficient (Wildman–Crippen LogP) is -0.300. The zero-order valence-electron chi connectivity index (χ0n) is 11.4. The van der Waals surface area contributed by atoms with Crippen LogP contribution in [0.3, 0.4) is 0 Å². The number of urea groups is 1. The highest BCUT2D eigenvalue weighted by atomic mass is 16.5. The van der Waals surface area contributed by atoms with Gasteiger partial charge in [-0.05, 0) is 0 Å². The molecule has 0 aliphatic carbocycles. The van der Waals surface area contributed by atoms with Crippen LogP contribution in [0.5, 0.6) is 0 Å². The summed E-state index contributed by atoms with van der Waals surface area (Å²) in [4.78, 5) is 26.0. The summed E-state index contributed by atoms with van der Waals surface area (Å²) in [6.45, 7) is 3.57. The van der Waals surface area contributed by atoms with E-state index in [9.17, 15) is 9.59 Å². The molecule has 0 aromatic carbocycles. The van der Waals surface area contributed by atoms with E-state index in [0.717, 1.165) is 0 Å². The van der Waals surface area contributed by atoms with E-state index >= 15 is 0 Å². The van der Waals surface area contributed by atoms with Gasteiger partial charge in [0, 0.05) is 39.2 Å². The molecule has 19 heavy (non-hydrogen) atoms. The first kappa shape index (κ1) is 15.7. The van der Waals surface area contributed by atoms with E-state index in [1.807, 2.05) is 0 Å². The maximum absolute atomic E-state index is 12.1. The lowest BCUT2D eigenvalue weighted by Crippen LogP contribution is -2.58. The van der Waals surface area contributed by atoms with Gasteiger partial charge in [-0.1, -0.05) is 6.92 Å². The summed E-state index contributed by atoms with van der Waals surface area (Å²) in [5.41, 5.74) is 0. The molecule has 1 rings (SSSR count). The summed E-state index contributed by atoms with van der Waals surface area (Å²) >= 11 is 0. The summed E-state index contributed by atoms with van der Waals surface area (Å²) in [5, 5.41) is 17.8. The molecule has 0 spiro atoms. The third-order valence-corrected chi connectivity index (χ3v) is 3.48. The maximum Gasteiger partial charge on any atom is 0.320 e. The molecule has 1 atom stereocenters. The van der Waals surface area contributed by atoms with E-state index in [2.05, 4.69) is 0 Å². The molecule has 0 radical (unpaired) electrons. The van der Waals surface area contributed by atoms with E-state index in [4.69, 9.17) is 14.9 Å². The summed E-state index contributed by atoms with van der Waals surface area (Å²) < 4.78 is 4.92. The van der Waals surface area contributed by atoms with Crippen LogP contribution in [0.4, 0.5) is 4.79 Å². The Hall–Kier alpha value is -1.34. The Kier molecular flexibility index (Phi) is 6.04. The first-order valence-corrected chi connectivity index (χ1v) is 6.37. The van der Waals surface area contributed by atoms with Crippen LogP contribution in [0.15, 0.2) is 0 Å². The number of hydrogen-bond donors (Lipinski definition) is 2. The number of carboxylic acid groups (broad SMARTS) is 1. The maximum atomic E-state index is 12.1. The molecule has 1 unspecified atom stereocenters. The number of methoxy groups -OCH3 is 1. The van der Waals surface area contributed by atoms with Gasteiger partial charge in [0.15, 0.2) is 0 Å². The van der Waals surface area contributed by atoms with E-state index in [1.54, 1.807) is 18.9 Å². The molecule has 110 valence electrons. The van der Waals surface area contributed by atoms with Crippen molar-refractivity contribution in [3.8, 4) is 0 Å². The minimum absolute atomic E-state index is 0.0138. The van der Waals surface area contributed by atoms with Crippen LogP contribution < -0.4 is 0 Å². The molecule has 7 heteroatoms. The van der Waals surface area contributed by atoms with Crippen molar-refractivity contribution >= 4 is 12.0 Å². The Bertz CT molecular complexity index is 317. The molecular formula is C12H22N2O5. The molecule has 7 nitrogen and oxygen atoms in total. The number of ether oxygens (including phenoxy) is 1. The van der Waals surface area contributed by atoms with Crippen LogP contribution in [0.2, 0.25) is 0 Å². The Labute approximate surface area is 112 Å². The topological polar surface area (TPSA) is 90.3 Å². The average molecular weight is 274 g/mol. The van der Waals surface area contributed by atoms with E-state index in [0.29, 0.717) is 26.2 Å². The number of aliphatic carboxylic acids is 1. The highest BCUT2D eigenvalue weighted by molar-refractivity contribution is 5.76. The van der Waals surface area contributed by atoms with Crippen LogP contribution in [0, 0.1) is 11.8 Å². The SMILES string of the molecule is COCCN(CCO)C(=O)N1CC(C(C)C(=O)O)C1. The van der Waals surface area contributed by atoms with Crippen molar-refractivity contribution < 1.29 is 24.5 Å². The Morgan fingerprint density at radius 3 is 2.53 bits per heavy atom. The van der Waals surface area contributed by atoms with Crippen molar-refractivity contribution in [1.82, 2.24) is 9.80 Å². The number of aliphatic hydroxyl groups is 1. The first-order chi connectivity index (χ1) is 9.01. The lowest BCUT2D eigenvalue weighted by molar-refractivity contribution is -0.144. The van der Waals surface area contributed by atoms with Crippen LogP contribution in [0.1, 0.15) is 6.92 Å². The second kappa shape index (κ2) is 7.30. The number of carbonyl (C=O) groups excluding carboxylic acids is 1. The van der Waals surface area contributed by atoms with Gasteiger partial charge >= 0.3 is 12.0 Å². The molecule has 1 aliphatic rings. The molecule has 0 aromatic rings. The van der Waals surface area contributed by atoms with Gasteiger partial charge in [-0.2, -0.15) is 0 Å². The quantitative estimate of drug-likeness (QED) is 0.665. The molecule has 1 heterocycles. The Balaban J connectivity index is 2.43. The zero-order chi connectivity index (χ0) is 14.4. The highest BCUT2D eigenvalue weighted by Crippen LogP contribution is 2.25. The largest absolute Gasteiger partial charge is 0.481 e. The normalized spacial score (nSPS) is 16.9. The summed E-state index contributed by atoms with van der Waals surface area (Å²) in [7, 11) is 1.55. The number of nitrogens with zero attached hydrogens (tertiary/aromatic N) is 2. The van der Waals surface area contributed by atoms with Gasteiger partial charge in [-0.25, -0.2) is 4.79 Å². The van der Waals surface area contributed by atoms with Gasteiger partial charge < -0.3 is 24.7 Å². The van der Waals surface area contributed by atoms with Crippen LogP contribution in [0.25, 0.3) is 0 Å². The standard InChI is InChI=1S/C12H22N2O5/c1-9(11(16)17)10-7-14(8-10)12(18)13(3-5-15)4-6-19-2/h9-10,15H,3-8H2,1-2H3,(H,16,17). The van der Waals surface area contributed by atoms with Crippen LogP contribution >= 0.6 is 0 Å². The number of amides is 2. The summed E-state index contributed by atoms with van der Waals surface area (Å²) in [6, 6.07) is -0.167. The summed E-state index contributed by atoms with van der Waals surface area (Å²) in [6.07, 6.45) is 0. The molecule has 0 aromatic heterocycles. The first-order valence-electron chi connectivity index (χ1n) is 6.37. The van der Waals surface area contributed by atoms with Crippen molar-refractivity contribution in [2.45, 2.75) is 6.92 Å². The third kappa shape index (κ3) is 4.07. The third-order valence-electron chi connectivity index (χ3n) is 3.48. The lowest BCUT2D eigenvalue weighted by Gasteiger charge is -2.43. The fourth-order valence-electron chi connectivity index (χ4n) is 2.01. The van der Waals surface area contributed by atoms with Gasteiger partial charge in [0.25, 0.3) is 0 Å². The molecule has 2 N–H and O–H groups in total. The fraction of sp³-hybridized carbons (Fsp3) is 0.833. The average Bonchev–Trinajstić information content (AvgIpc) is 2.32. The van der Waals surface area contributed by atoms with Crippen molar-refractivity contribution in [1.29, 1.82) is 0 Å². The van der Waals surface area contributed by atoms with Gasteiger partial charge in [-0.15, -0.1) is 0 Å². The Morgan fingerprint density at radius 2 is 2.05 bits per heavy atom. The number of likely N-dealkylation sites (tertiary alicyclic amines) is 1. The van der Waals surface area contributed by atoms with E-state index < -0.39 is 11.9 Å². The van der Waals surface area contributed by atoms with Gasteiger partial charge in [0.2, 0.25) is 0 Å².